The number of rotatable bonds is 4. The van der Waals surface area contributed by atoms with Crippen molar-refractivity contribution in [1.82, 2.24) is 5.32 Å². The molecular formula is C10H13F3N2. The summed E-state index contributed by atoms with van der Waals surface area (Å²) >= 11 is 0. The molecule has 84 valence electrons. The topological polar surface area (TPSA) is 38.0 Å². The van der Waals surface area contributed by atoms with Crippen LogP contribution < -0.4 is 11.1 Å². The molecule has 0 aliphatic heterocycles. The second kappa shape index (κ2) is 5.02. The van der Waals surface area contributed by atoms with Gasteiger partial charge in [0.15, 0.2) is 0 Å². The van der Waals surface area contributed by atoms with Gasteiger partial charge in [0.2, 0.25) is 0 Å². The van der Waals surface area contributed by atoms with Crippen LogP contribution in [0.4, 0.5) is 18.9 Å². The van der Waals surface area contributed by atoms with Crippen molar-refractivity contribution in [2.75, 3.05) is 12.3 Å². The average Bonchev–Trinajstić information content (AvgIpc) is 2.11. The zero-order valence-electron chi connectivity index (χ0n) is 8.14. The lowest BCUT2D eigenvalue weighted by Crippen LogP contribution is -2.21. The third kappa shape index (κ3) is 5.27. The van der Waals surface area contributed by atoms with Crippen LogP contribution in [0.3, 0.4) is 0 Å². The van der Waals surface area contributed by atoms with Gasteiger partial charge >= 0.3 is 6.18 Å². The van der Waals surface area contributed by atoms with Gasteiger partial charge in [-0.2, -0.15) is 13.2 Å². The molecule has 0 bridgehead atoms. The number of halogens is 3. The summed E-state index contributed by atoms with van der Waals surface area (Å²) < 4.78 is 35.4. The number of nitrogens with one attached hydrogen (secondary N) is 1. The highest BCUT2D eigenvalue weighted by Gasteiger charge is 2.25. The fourth-order valence-corrected chi connectivity index (χ4v) is 1.17. The fraction of sp³-hybridized carbons (Fsp3) is 0.400. The molecule has 0 fully saturated rings. The second-order valence-electron chi connectivity index (χ2n) is 3.29. The van der Waals surface area contributed by atoms with E-state index < -0.39 is 12.6 Å². The minimum Gasteiger partial charge on any atom is -0.399 e. The molecule has 0 atom stereocenters. The number of alkyl halides is 3. The monoisotopic (exact) mass is 218 g/mol. The van der Waals surface area contributed by atoms with Gasteiger partial charge in [-0.05, 0) is 17.7 Å². The Hall–Kier alpha value is -1.23. The van der Waals surface area contributed by atoms with E-state index in [0.29, 0.717) is 12.2 Å². The van der Waals surface area contributed by atoms with Gasteiger partial charge in [0.05, 0.1) is 6.42 Å². The number of nitrogen functional groups attached to an aromatic ring is 1. The summed E-state index contributed by atoms with van der Waals surface area (Å²) in [6.45, 7) is 0.333. The summed E-state index contributed by atoms with van der Waals surface area (Å²) in [6, 6.07) is 7.06. The Morgan fingerprint density at radius 3 is 2.60 bits per heavy atom. The van der Waals surface area contributed by atoms with Gasteiger partial charge in [-0.1, -0.05) is 12.1 Å². The van der Waals surface area contributed by atoms with Crippen LogP contribution in [0.25, 0.3) is 0 Å². The lowest BCUT2D eigenvalue weighted by atomic mass is 10.2. The minimum atomic E-state index is -4.09. The van der Waals surface area contributed by atoms with Gasteiger partial charge in [0.1, 0.15) is 0 Å². The summed E-state index contributed by atoms with van der Waals surface area (Å²) in [5, 5.41) is 2.71. The molecule has 0 amide bonds. The molecule has 0 saturated heterocycles. The zero-order valence-corrected chi connectivity index (χ0v) is 8.14. The van der Waals surface area contributed by atoms with Crippen molar-refractivity contribution in [2.24, 2.45) is 0 Å². The predicted molar refractivity (Wildman–Crippen MR) is 53.2 cm³/mol. The molecule has 0 unspecified atom stereocenters. The third-order valence-corrected chi connectivity index (χ3v) is 1.87. The van der Waals surface area contributed by atoms with E-state index in [1.165, 1.54) is 0 Å². The highest BCUT2D eigenvalue weighted by Crippen LogP contribution is 2.18. The summed E-state index contributed by atoms with van der Waals surface area (Å²) in [5.74, 6) is 0. The number of hydrogen-bond donors (Lipinski definition) is 2. The first-order chi connectivity index (χ1) is 6.97. The van der Waals surface area contributed by atoms with Gasteiger partial charge in [-0.15, -0.1) is 0 Å². The third-order valence-electron chi connectivity index (χ3n) is 1.87. The summed E-state index contributed by atoms with van der Waals surface area (Å²) in [7, 11) is 0. The second-order valence-corrected chi connectivity index (χ2v) is 3.29. The van der Waals surface area contributed by atoms with E-state index in [2.05, 4.69) is 5.32 Å². The van der Waals surface area contributed by atoms with E-state index in [9.17, 15) is 13.2 Å². The molecule has 1 rings (SSSR count). The standard InChI is InChI=1S/C10H13F3N2/c11-10(12,13)4-5-15-7-8-2-1-3-9(14)6-8/h1-3,6,15H,4-5,7,14H2. The maximum absolute atomic E-state index is 11.8. The molecule has 5 heteroatoms. The molecule has 0 aliphatic carbocycles. The van der Waals surface area contributed by atoms with Crippen LogP contribution in [0.2, 0.25) is 0 Å². The van der Waals surface area contributed by atoms with Gasteiger partial charge < -0.3 is 11.1 Å². The van der Waals surface area contributed by atoms with Crippen molar-refractivity contribution in [3.63, 3.8) is 0 Å². The lowest BCUT2D eigenvalue weighted by Gasteiger charge is -2.07. The van der Waals surface area contributed by atoms with Crippen LogP contribution in [0, 0.1) is 0 Å². The first-order valence-electron chi connectivity index (χ1n) is 4.59. The molecule has 0 aliphatic rings. The largest absolute Gasteiger partial charge is 0.399 e. The molecule has 0 saturated carbocycles. The van der Waals surface area contributed by atoms with E-state index in [4.69, 9.17) is 5.73 Å². The molecule has 15 heavy (non-hydrogen) atoms. The van der Waals surface area contributed by atoms with E-state index in [1.54, 1.807) is 18.2 Å². The molecule has 1 aromatic carbocycles. The Kier molecular flexibility index (Phi) is 3.96. The van der Waals surface area contributed by atoms with Crippen molar-refractivity contribution in [2.45, 2.75) is 19.1 Å². The van der Waals surface area contributed by atoms with Crippen molar-refractivity contribution in [3.05, 3.63) is 29.8 Å². The highest BCUT2D eigenvalue weighted by molar-refractivity contribution is 5.40. The number of anilines is 1. The molecule has 1 aromatic rings. The van der Waals surface area contributed by atoms with Crippen molar-refractivity contribution in [3.8, 4) is 0 Å². The van der Waals surface area contributed by atoms with Gasteiger partial charge in [0.25, 0.3) is 0 Å². The predicted octanol–water partition coefficient (Wildman–Crippen LogP) is 2.31. The van der Waals surface area contributed by atoms with E-state index >= 15 is 0 Å². The maximum Gasteiger partial charge on any atom is 0.390 e. The molecule has 2 nitrogen and oxygen atoms in total. The summed E-state index contributed by atoms with van der Waals surface area (Å²) in [6.07, 6.45) is -4.90. The van der Waals surface area contributed by atoms with E-state index in [0.717, 1.165) is 5.56 Å². The number of nitrogens with two attached hydrogens (primary N) is 1. The quantitative estimate of drug-likeness (QED) is 0.601. The highest BCUT2D eigenvalue weighted by atomic mass is 19.4. The Labute approximate surface area is 86.3 Å². The van der Waals surface area contributed by atoms with Gasteiger partial charge in [-0.25, -0.2) is 0 Å². The van der Waals surface area contributed by atoms with Crippen LogP contribution in [0.1, 0.15) is 12.0 Å². The van der Waals surface area contributed by atoms with Crippen LogP contribution in [0.15, 0.2) is 24.3 Å². The van der Waals surface area contributed by atoms with Crippen LogP contribution in [0.5, 0.6) is 0 Å². The Bertz CT molecular complexity index is 310. The summed E-state index contributed by atoms with van der Waals surface area (Å²) in [5.41, 5.74) is 7.03. The Balaban J connectivity index is 2.26. The van der Waals surface area contributed by atoms with Gasteiger partial charge in [-0.3, -0.25) is 0 Å². The molecule has 3 N–H and O–H groups in total. The molecule has 0 heterocycles. The SMILES string of the molecule is Nc1cccc(CNCCC(F)(F)F)c1. The normalized spacial score (nSPS) is 11.7. The number of hydrogen-bond acceptors (Lipinski definition) is 2. The van der Waals surface area contributed by atoms with Crippen molar-refractivity contribution in [1.29, 1.82) is 0 Å². The van der Waals surface area contributed by atoms with Crippen LogP contribution in [-0.2, 0) is 6.54 Å². The smallest absolute Gasteiger partial charge is 0.390 e. The zero-order chi connectivity index (χ0) is 11.3. The van der Waals surface area contributed by atoms with E-state index in [-0.39, 0.29) is 6.54 Å². The van der Waals surface area contributed by atoms with Crippen LogP contribution in [-0.4, -0.2) is 12.7 Å². The first kappa shape index (κ1) is 11.8. The molecule has 0 spiro atoms. The Morgan fingerprint density at radius 2 is 2.00 bits per heavy atom. The fourth-order valence-electron chi connectivity index (χ4n) is 1.17. The van der Waals surface area contributed by atoms with Crippen molar-refractivity contribution < 1.29 is 13.2 Å². The number of benzene rings is 1. The van der Waals surface area contributed by atoms with Crippen LogP contribution >= 0.6 is 0 Å². The molecular weight excluding hydrogens is 205 g/mol. The average molecular weight is 218 g/mol. The molecule has 0 aromatic heterocycles. The molecule has 0 radical (unpaired) electrons. The Morgan fingerprint density at radius 1 is 1.27 bits per heavy atom. The van der Waals surface area contributed by atoms with Crippen molar-refractivity contribution >= 4 is 5.69 Å². The van der Waals surface area contributed by atoms with Gasteiger partial charge in [0, 0.05) is 18.8 Å². The van der Waals surface area contributed by atoms with E-state index in [1.807, 2.05) is 6.07 Å². The minimum absolute atomic E-state index is 0.0711. The first-order valence-corrected chi connectivity index (χ1v) is 4.59. The summed E-state index contributed by atoms with van der Waals surface area (Å²) in [4.78, 5) is 0. The maximum atomic E-state index is 11.8. The lowest BCUT2D eigenvalue weighted by molar-refractivity contribution is -0.133.